The van der Waals surface area contributed by atoms with Crippen LogP contribution in [0.1, 0.15) is 34.8 Å². The van der Waals surface area contributed by atoms with Crippen molar-refractivity contribution in [1.29, 1.82) is 5.26 Å². The van der Waals surface area contributed by atoms with Crippen LogP contribution in [0, 0.1) is 23.0 Å². The third kappa shape index (κ3) is 3.29. The molecule has 0 saturated heterocycles. The summed E-state index contributed by atoms with van der Waals surface area (Å²) in [6, 6.07) is 10.4. The number of carbonyl (C=O) groups excluding carboxylic acids is 1. The number of benzene rings is 2. The van der Waals surface area contributed by atoms with Gasteiger partial charge in [0.1, 0.15) is 6.07 Å². The van der Waals surface area contributed by atoms with Crippen LogP contribution in [0.25, 0.3) is 0 Å². The van der Waals surface area contributed by atoms with E-state index in [1.165, 1.54) is 6.07 Å². The van der Waals surface area contributed by atoms with Gasteiger partial charge in [0.25, 0.3) is 0 Å². The van der Waals surface area contributed by atoms with Gasteiger partial charge in [-0.2, -0.15) is 9.65 Å². The quantitative estimate of drug-likeness (QED) is 0.633. The highest BCUT2D eigenvalue weighted by atomic mass is 19.2. The molecule has 2 rings (SSSR count). The predicted molar refractivity (Wildman–Crippen MR) is 76.5 cm³/mol. The number of hydrogen-bond donors (Lipinski definition) is 0. The smallest absolute Gasteiger partial charge is 0.343 e. The van der Waals surface area contributed by atoms with Gasteiger partial charge in [0.15, 0.2) is 11.6 Å². The Morgan fingerprint density at radius 2 is 1.82 bits per heavy atom. The van der Waals surface area contributed by atoms with Crippen molar-refractivity contribution >= 4 is 5.97 Å². The summed E-state index contributed by atoms with van der Waals surface area (Å²) in [4.78, 5) is 11.9. The maximum atomic E-state index is 13.7. The highest BCUT2D eigenvalue weighted by Gasteiger charge is 2.17. The second-order valence-corrected chi connectivity index (χ2v) is 4.69. The number of aryl methyl sites for hydroxylation is 1. The Labute approximate surface area is 126 Å². The minimum absolute atomic E-state index is 0.240. The topological polar surface area (TPSA) is 50.1 Å². The summed E-state index contributed by atoms with van der Waals surface area (Å²) in [7, 11) is 0. The molecule has 2 aromatic rings. The number of ether oxygens (including phenoxy) is 1. The maximum absolute atomic E-state index is 13.7. The molecule has 0 N–H and O–H groups in total. The van der Waals surface area contributed by atoms with Gasteiger partial charge in [-0.25, -0.2) is 9.18 Å². The SMILES string of the molecule is CCCc1ccc(C(=O)Oc2ccc(C#N)c(F)c2F)cc1. The first-order chi connectivity index (χ1) is 10.6. The van der Waals surface area contributed by atoms with Crippen LogP contribution in [-0.2, 0) is 6.42 Å². The van der Waals surface area contributed by atoms with Gasteiger partial charge in [0.2, 0.25) is 5.82 Å². The Kier molecular flexibility index (Phi) is 4.84. The van der Waals surface area contributed by atoms with E-state index in [2.05, 4.69) is 0 Å². The lowest BCUT2D eigenvalue weighted by atomic mass is 10.1. The Morgan fingerprint density at radius 3 is 2.41 bits per heavy atom. The van der Waals surface area contributed by atoms with Crippen LogP contribution in [0.15, 0.2) is 36.4 Å². The first-order valence-electron chi connectivity index (χ1n) is 6.76. The second-order valence-electron chi connectivity index (χ2n) is 4.69. The molecule has 0 spiro atoms. The van der Waals surface area contributed by atoms with Gasteiger partial charge in [-0.05, 0) is 36.2 Å². The average molecular weight is 301 g/mol. The van der Waals surface area contributed by atoms with Crippen LogP contribution in [0.5, 0.6) is 5.75 Å². The summed E-state index contributed by atoms with van der Waals surface area (Å²) in [6.45, 7) is 2.05. The van der Waals surface area contributed by atoms with E-state index < -0.39 is 28.9 Å². The number of hydrogen-bond acceptors (Lipinski definition) is 3. The fraction of sp³-hybridized carbons (Fsp3) is 0.176. The van der Waals surface area contributed by atoms with Gasteiger partial charge in [-0.1, -0.05) is 25.5 Å². The van der Waals surface area contributed by atoms with E-state index in [-0.39, 0.29) is 5.56 Å². The van der Waals surface area contributed by atoms with Gasteiger partial charge in [0, 0.05) is 0 Å². The van der Waals surface area contributed by atoms with E-state index in [9.17, 15) is 13.6 Å². The van der Waals surface area contributed by atoms with Crippen molar-refractivity contribution in [3.05, 3.63) is 64.7 Å². The number of rotatable bonds is 4. The zero-order valence-corrected chi connectivity index (χ0v) is 11.9. The van der Waals surface area contributed by atoms with Crippen LogP contribution in [0.4, 0.5) is 8.78 Å². The number of nitriles is 1. The number of esters is 1. The molecule has 0 saturated carbocycles. The van der Waals surface area contributed by atoms with Crippen molar-refractivity contribution < 1.29 is 18.3 Å². The van der Waals surface area contributed by atoms with Crippen molar-refractivity contribution in [2.75, 3.05) is 0 Å². The fourth-order valence-electron chi connectivity index (χ4n) is 1.95. The minimum Gasteiger partial charge on any atom is -0.420 e. The molecule has 3 nitrogen and oxygen atoms in total. The number of nitrogens with zero attached hydrogens (tertiary/aromatic N) is 1. The Hall–Kier alpha value is -2.74. The molecule has 0 aliphatic heterocycles. The van der Waals surface area contributed by atoms with Gasteiger partial charge in [-0.15, -0.1) is 0 Å². The molecule has 0 atom stereocenters. The lowest BCUT2D eigenvalue weighted by Crippen LogP contribution is -2.10. The third-order valence-electron chi connectivity index (χ3n) is 3.10. The normalized spacial score (nSPS) is 10.1. The lowest BCUT2D eigenvalue weighted by Gasteiger charge is -2.07. The van der Waals surface area contributed by atoms with Crippen LogP contribution in [0.3, 0.4) is 0 Å². The zero-order valence-electron chi connectivity index (χ0n) is 11.9. The predicted octanol–water partition coefficient (Wildman–Crippen LogP) is 4.01. The van der Waals surface area contributed by atoms with E-state index in [1.807, 2.05) is 6.92 Å². The van der Waals surface area contributed by atoms with Crippen molar-refractivity contribution in [2.24, 2.45) is 0 Å². The summed E-state index contributed by atoms with van der Waals surface area (Å²) in [5, 5.41) is 8.60. The number of halogens is 2. The Balaban J connectivity index is 2.19. The van der Waals surface area contributed by atoms with E-state index in [1.54, 1.807) is 24.3 Å². The molecule has 0 amide bonds. The summed E-state index contributed by atoms with van der Waals surface area (Å²) in [5.74, 6) is -4.01. The zero-order chi connectivity index (χ0) is 16.1. The van der Waals surface area contributed by atoms with E-state index in [0.717, 1.165) is 30.5 Å². The first-order valence-corrected chi connectivity index (χ1v) is 6.76. The Morgan fingerprint density at radius 1 is 1.14 bits per heavy atom. The maximum Gasteiger partial charge on any atom is 0.343 e. The van der Waals surface area contributed by atoms with E-state index in [0.29, 0.717) is 0 Å². The molecule has 5 heteroatoms. The summed E-state index contributed by atoms with van der Waals surface area (Å²) in [6.07, 6.45) is 1.88. The van der Waals surface area contributed by atoms with Crippen molar-refractivity contribution in [1.82, 2.24) is 0 Å². The number of carbonyl (C=O) groups is 1. The molecule has 0 aliphatic rings. The summed E-state index contributed by atoms with van der Waals surface area (Å²) in [5.41, 5.74) is 0.875. The molecule has 0 unspecified atom stereocenters. The largest absolute Gasteiger partial charge is 0.420 e. The van der Waals surface area contributed by atoms with Gasteiger partial charge in [0.05, 0.1) is 11.1 Å². The molecule has 112 valence electrons. The average Bonchev–Trinajstić information content (AvgIpc) is 2.53. The molecule has 0 fully saturated rings. The van der Waals surface area contributed by atoms with Gasteiger partial charge >= 0.3 is 5.97 Å². The first kappa shape index (κ1) is 15.6. The molecule has 0 heterocycles. The van der Waals surface area contributed by atoms with Crippen molar-refractivity contribution in [3.8, 4) is 11.8 Å². The van der Waals surface area contributed by atoms with E-state index in [4.69, 9.17) is 10.00 Å². The molecule has 0 radical (unpaired) electrons. The van der Waals surface area contributed by atoms with Gasteiger partial charge in [-0.3, -0.25) is 0 Å². The highest BCUT2D eigenvalue weighted by molar-refractivity contribution is 5.91. The minimum atomic E-state index is -1.35. The highest BCUT2D eigenvalue weighted by Crippen LogP contribution is 2.23. The fourth-order valence-corrected chi connectivity index (χ4v) is 1.95. The van der Waals surface area contributed by atoms with Crippen LogP contribution in [0.2, 0.25) is 0 Å². The van der Waals surface area contributed by atoms with Crippen LogP contribution >= 0.6 is 0 Å². The molecular weight excluding hydrogens is 288 g/mol. The Bertz CT molecular complexity index is 734. The molecule has 22 heavy (non-hydrogen) atoms. The summed E-state index contributed by atoms with van der Waals surface area (Å²) < 4.78 is 32.0. The molecule has 0 aliphatic carbocycles. The molecule has 2 aromatic carbocycles. The lowest BCUT2D eigenvalue weighted by molar-refractivity contribution is 0.0726. The standard InChI is InChI=1S/C17H13F2NO2/c1-2-3-11-4-6-12(7-5-11)17(21)22-14-9-8-13(10-20)15(18)16(14)19/h4-9H,2-3H2,1H3. The van der Waals surface area contributed by atoms with Crippen molar-refractivity contribution in [2.45, 2.75) is 19.8 Å². The molecule has 0 bridgehead atoms. The second kappa shape index (κ2) is 6.81. The molecular formula is C17H13F2NO2. The van der Waals surface area contributed by atoms with Crippen LogP contribution < -0.4 is 4.74 Å². The summed E-state index contributed by atoms with van der Waals surface area (Å²) >= 11 is 0. The van der Waals surface area contributed by atoms with Crippen molar-refractivity contribution in [3.63, 3.8) is 0 Å². The monoisotopic (exact) mass is 301 g/mol. The van der Waals surface area contributed by atoms with E-state index >= 15 is 0 Å². The van der Waals surface area contributed by atoms with Gasteiger partial charge < -0.3 is 4.74 Å². The van der Waals surface area contributed by atoms with Crippen LogP contribution in [-0.4, -0.2) is 5.97 Å². The molecule has 0 aromatic heterocycles. The third-order valence-corrected chi connectivity index (χ3v) is 3.10.